The molecule has 33 heavy (non-hydrogen) atoms. The third-order valence-corrected chi connectivity index (χ3v) is 6.98. The molecule has 0 saturated carbocycles. The van der Waals surface area contributed by atoms with Gasteiger partial charge >= 0.3 is 0 Å². The lowest BCUT2D eigenvalue weighted by atomic mass is 10.1. The number of carbonyl (C=O) groups is 2. The quantitative estimate of drug-likeness (QED) is 0.269. The van der Waals surface area contributed by atoms with Crippen molar-refractivity contribution in [1.29, 1.82) is 0 Å². The van der Waals surface area contributed by atoms with Crippen LogP contribution in [0.5, 0.6) is 0 Å². The van der Waals surface area contributed by atoms with Gasteiger partial charge in [-0.2, -0.15) is 0 Å². The average molecular weight is 536 g/mol. The van der Waals surface area contributed by atoms with Gasteiger partial charge < -0.3 is 10.6 Å². The number of amides is 2. The van der Waals surface area contributed by atoms with Crippen LogP contribution in [0, 0.1) is 0 Å². The third-order valence-electron chi connectivity index (χ3n) is 4.68. The molecule has 9 heteroatoms. The first-order valence-corrected chi connectivity index (χ1v) is 11.9. The standard InChI is InChI=1S/C24H14Cl4N2O2S/c25-13-5-8-15(9-6-13)29-23(31)17-11-14(26)7-10-20(17)30-24(32)22-21(28)18(12-33-22)16-3-1-2-4-19(16)27/h1-12H,(H,29,31)(H,30,32). The van der Waals surface area contributed by atoms with Gasteiger partial charge in [0.15, 0.2) is 0 Å². The van der Waals surface area contributed by atoms with E-state index in [1.807, 2.05) is 18.2 Å². The number of benzene rings is 3. The summed E-state index contributed by atoms with van der Waals surface area (Å²) in [5.74, 6) is -0.893. The molecule has 0 unspecified atom stereocenters. The summed E-state index contributed by atoms with van der Waals surface area (Å²) >= 11 is 26.0. The molecule has 0 fully saturated rings. The molecule has 0 aliphatic rings. The molecule has 0 saturated heterocycles. The van der Waals surface area contributed by atoms with E-state index in [1.165, 1.54) is 17.4 Å². The summed E-state index contributed by atoms with van der Waals surface area (Å²) in [5, 5.41) is 9.01. The van der Waals surface area contributed by atoms with Crippen molar-refractivity contribution >= 4 is 80.9 Å². The molecule has 4 aromatic rings. The Hall–Kier alpha value is -2.54. The fourth-order valence-electron chi connectivity index (χ4n) is 3.08. The molecular weight excluding hydrogens is 522 g/mol. The average Bonchev–Trinajstić information content (AvgIpc) is 3.18. The highest BCUT2D eigenvalue weighted by atomic mass is 35.5. The van der Waals surface area contributed by atoms with Gasteiger partial charge in [0.05, 0.1) is 16.3 Å². The van der Waals surface area contributed by atoms with Crippen molar-refractivity contribution in [2.75, 3.05) is 10.6 Å². The molecule has 4 rings (SSSR count). The van der Waals surface area contributed by atoms with Crippen LogP contribution in [0.4, 0.5) is 11.4 Å². The Morgan fingerprint density at radius 3 is 2.15 bits per heavy atom. The molecule has 4 nitrogen and oxygen atoms in total. The first kappa shape index (κ1) is 23.6. The Bertz CT molecular complexity index is 1350. The molecular formula is C24H14Cl4N2O2S. The second-order valence-electron chi connectivity index (χ2n) is 6.88. The zero-order chi connectivity index (χ0) is 23.5. The minimum absolute atomic E-state index is 0.199. The number of carbonyl (C=O) groups excluding carboxylic acids is 2. The Kier molecular flexibility index (Phi) is 7.27. The van der Waals surface area contributed by atoms with Crippen molar-refractivity contribution in [2.24, 2.45) is 0 Å². The smallest absolute Gasteiger partial charge is 0.267 e. The van der Waals surface area contributed by atoms with E-state index in [0.717, 1.165) is 5.56 Å². The van der Waals surface area contributed by atoms with E-state index in [-0.39, 0.29) is 10.6 Å². The molecule has 2 amide bonds. The Morgan fingerprint density at radius 2 is 1.42 bits per heavy atom. The molecule has 0 radical (unpaired) electrons. The molecule has 0 bridgehead atoms. The van der Waals surface area contributed by atoms with Crippen LogP contribution in [0.1, 0.15) is 20.0 Å². The molecule has 0 atom stereocenters. The first-order chi connectivity index (χ1) is 15.8. The number of nitrogens with one attached hydrogen (secondary N) is 2. The Balaban J connectivity index is 1.60. The molecule has 0 spiro atoms. The van der Waals surface area contributed by atoms with Gasteiger partial charge in [0.1, 0.15) is 4.88 Å². The predicted octanol–water partition coefficient (Wildman–Crippen LogP) is 8.53. The van der Waals surface area contributed by atoms with E-state index in [9.17, 15) is 9.59 Å². The summed E-state index contributed by atoms with van der Waals surface area (Å²) < 4.78 is 0. The molecule has 2 N–H and O–H groups in total. The maximum atomic E-state index is 13.0. The van der Waals surface area contributed by atoms with Crippen LogP contribution >= 0.6 is 57.7 Å². The second kappa shape index (κ2) is 10.2. The minimum Gasteiger partial charge on any atom is -0.322 e. The predicted molar refractivity (Wildman–Crippen MR) is 139 cm³/mol. The van der Waals surface area contributed by atoms with E-state index in [2.05, 4.69) is 10.6 Å². The highest BCUT2D eigenvalue weighted by Crippen LogP contribution is 2.39. The molecule has 1 aromatic heterocycles. The monoisotopic (exact) mass is 534 g/mol. The summed E-state index contributed by atoms with van der Waals surface area (Å²) in [6.07, 6.45) is 0. The Morgan fingerprint density at radius 1 is 0.727 bits per heavy atom. The largest absolute Gasteiger partial charge is 0.322 e. The van der Waals surface area contributed by atoms with Gasteiger partial charge in [-0.25, -0.2) is 0 Å². The van der Waals surface area contributed by atoms with Crippen LogP contribution in [0.2, 0.25) is 20.1 Å². The lowest BCUT2D eigenvalue weighted by molar-refractivity contribution is 0.102. The van der Waals surface area contributed by atoms with E-state index >= 15 is 0 Å². The normalized spacial score (nSPS) is 10.7. The van der Waals surface area contributed by atoms with E-state index < -0.39 is 11.8 Å². The highest BCUT2D eigenvalue weighted by Gasteiger charge is 2.21. The highest BCUT2D eigenvalue weighted by molar-refractivity contribution is 7.13. The molecule has 1 heterocycles. The van der Waals surface area contributed by atoms with Crippen LogP contribution in [0.25, 0.3) is 11.1 Å². The van der Waals surface area contributed by atoms with Crippen molar-refractivity contribution < 1.29 is 9.59 Å². The summed E-state index contributed by atoms with van der Waals surface area (Å²) in [5.41, 5.74) is 2.43. The maximum Gasteiger partial charge on any atom is 0.267 e. The second-order valence-corrected chi connectivity index (χ2v) is 9.42. The lowest BCUT2D eigenvalue weighted by Crippen LogP contribution is -2.18. The number of halogens is 4. The lowest BCUT2D eigenvalue weighted by Gasteiger charge is -2.12. The zero-order valence-electron chi connectivity index (χ0n) is 16.7. The van der Waals surface area contributed by atoms with Crippen LogP contribution in [-0.4, -0.2) is 11.8 Å². The summed E-state index contributed by atoms with van der Waals surface area (Å²) in [6.45, 7) is 0. The minimum atomic E-state index is -0.453. The number of thiophene rings is 1. The molecule has 166 valence electrons. The number of rotatable bonds is 5. The summed E-state index contributed by atoms with van der Waals surface area (Å²) in [6, 6.07) is 18.5. The zero-order valence-corrected chi connectivity index (χ0v) is 20.5. The van der Waals surface area contributed by atoms with Crippen molar-refractivity contribution in [3.05, 3.63) is 103 Å². The van der Waals surface area contributed by atoms with Crippen molar-refractivity contribution in [2.45, 2.75) is 0 Å². The molecule has 0 aliphatic heterocycles. The number of hydrogen-bond acceptors (Lipinski definition) is 3. The van der Waals surface area contributed by atoms with Gasteiger partial charge in [0.2, 0.25) is 0 Å². The Labute approximate surface area is 214 Å². The fourth-order valence-corrected chi connectivity index (χ4v) is 4.91. The van der Waals surface area contributed by atoms with Crippen molar-refractivity contribution in [3.8, 4) is 11.1 Å². The van der Waals surface area contributed by atoms with Crippen molar-refractivity contribution in [3.63, 3.8) is 0 Å². The number of anilines is 2. The number of hydrogen-bond donors (Lipinski definition) is 2. The van der Waals surface area contributed by atoms with Gasteiger partial charge in [0, 0.05) is 37.3 Å². The van der Waals surface area contributed by atoms with Gasteiger partial charge in [-0.3, -0.25) is 9.59 Å². The van der Waals surface area contributed by atoms with Crippen LogP contribution in [0.15, 0.2) is 72.1 Å². The van der Waals surface area contributed by atoms with Crippen molar-refractivity contribution in [1.82, 2.24) is 0 Å². The van der Waals surface area contributed by atoms with Gasteiger partial charge in [-0.15, -0.1) is 11.3 Å². The molecule has 0 aliphatic carbocycles. The first-order valence-electron chi connectivity index (χ1n) is 9.53. The molecule has 3 aromatic carbocycles. The van der Waals surface area contributed by atoms with Gasteiger partial charge in [-0.1, -0.05) is 64.6 Å². The SMILES string of the molecule is O=C(Nc1ccc(Cl)cc1)c1cc(Cl)ccc1NC(=O)c1scc(-c2ccccc2Cl)c1Cl. The van der Waals surface area contributed by atoms with Crippen LogP contribution in [-0.2, 0) is 0 Å². The summed E-state index contributed by atoms with van der Waals surface area (Å²) in [7, 11) is 0. The summed E-state index contributed by atoms with van der Waals surface area (Å²) in [4.78, 5) is 26.2. The van der Waals surface area contributed by atoms with Crippen LogP contribution < -0.4 is 10.6 Å². The van der Waals surface area contributed by atoms with Gasteiger partial charge in [-0.05, 0) is 48.5 Å². The topological polar surface area (TPSA) is 58.2 Å². The van der Waals surface area contributed by atoms with E-state index in [4.69, 9.17) is 46.4 Å². The van der Waals surface area contributed by atoms with Crippen LogP contribution in [0.3, 0.4) is 0 Å². The third kappa shape index (κ3) is 5.35. The fraction of sp³-hybridized carbons (Fsp3) is 0. The van der Waals surface area contributed by atoms with Gasteiger partial charge in [0.25, 0.3) is 11.8 Å². The van der Waals surface area contributed by atoms with E-state index in [1.54, 1.807) is 47.8 Å². The van der Waals surface area contributed by atoms with E-state index in [0.29, 0.717) is 36.9 Å². The maximum absolute atomic E-state index is 13.0.